The van der Waals surface area contributed by atoms with Crippen LogP contribution in [-0.2, 0) is 6.54 Å². The van der Waals surface area contributed by atoms with Crippen molar-refractivity contribution in [2.45, 2.75) is 13.5 Å². The highest BCUT2D eigenvalue weighted by Gasteiger charge is 2.03. The summed E-state index contributed by atoms with van der Waals surface area (Å²) in [5, 5.41) is 3.31. The zero-order chi connectivity index (χ0) is 11.4. The van der Waals surface area contributed by atoms with Crippen molar-refractivity contribution in [1.82, 2.24) is 0 Å². The molecule has 2 rings (SSSR count). The largest absolute Gasteiger partial charge is 0.380 e. The van der Waals surface area contributed by atoms with Gasteiger partial charge in [0.1, 0.15) is 0 Å². The second-order valence-electron chi connectivity index (χ2n) is 3.54. The number of hydrogen-bond donors (Lipinski definition) is 1. The average molecular weight is 231 g/mol. The molecule has 82 valence electrons. The topological polar surface area (TPSA) is 29.1 Å². The summed E-state index contributed by atoms with van der Waals surface area (Å²) >= 11 is 1.55. The molecule has 1 N–H and O–H groups in total. The number of para-hydroxylation sites is 1. The van der Waals surface area contributed by atoms with E-state index in [1.54, 1.807) is 18.3 Å². The van der Waals surface area contributed by atoms with E-state index >= 15 is 0 Å². The zero-order valence-corrected chi connectivity index (χ0v) is 9.88. The van der Waals surface area contributed by atoms with Crippen LogP contribution >= 0.6 is 11.3 Å². The van der Waals surface area contributed by atoms with Crippen molar-refractivity contribution in [2.24, 2.45) is 0 Å². The van der Waals surface area contributed by atoms with E-state index in [4.69, 9.17) is 0 Å². The maximum atomic E-state index is 11.1. The van der Waals surface area contributed by atoms with Crippen LogP contribution in [0, 0.1) is 0 Å². The van der Waals surface area contributed by atoms with E-state index in [2.05, 4.69) is 5.32 Å². The van der Waals surface area contributed by atoms with Crippen molar-refractivity contribution in [1.29, 1.82) is 0 Å². The minimum Gasteiger partial charge on any atom is -0.380 e. The Labute approximate surface area is 98.9 Å². The summed E-state index contributed by atoms with van der Waals surface area (Å²) in [5.41, 5.74) is 1.10. The van der Waals surface area contributed by atoms with Gasteiger partial charge >= 0.3 is 0 Å². The summed E-state index contributed by atoms with van der Waals surface area (Å²) in [6.45, 7) is 2.36. The predicted molar refractivity (Wildman–Crippen MR) is 68.1 cm³/mol. The summed E-state index contributed by atoms with van der Waals surface area (Å²) in [6.07, 6.45) is 0. The number of thiophene rings is 1. The smallest absolute Gasteiger partial charge is 0.169 e. The Morgan fingerprint density at radius 2 is 1.94 bits per heavy atom. The second kappa shape index (κ2) is 4.94. The normalized spacial score (nSPS) is 10.1. The number of anilines is 1. The fourth-order valence-corrected chi connectivity index (χ4v) is 2.25. The quantitative estimate of drug-likeness (QED) is 0.815. The van der Waals surface area contributed by atoms with Crippen molar-refractivity contribution in [3.8, 4) is 0 Å². The van der Waals surface area contributed by atoms with Crippen LogP contribution in [0.1, 0.15) is 21.5 Å². The molecule has 16 heavy (non-hydrogen) atoms. The Morgan fingerprint density at radius 3 is 2.56 bits per heavy atom. The Balaban J connectivity index is 1.97. The molecule has 0 saturated heterocycles. The molecule has 0 aliphatic heterocycles. The Bertz CT molecular complexity index is 476. The van der Waals surface area contributed by atoms with Crippen LogP contribution < -0.4 is 5.32 Å². The maximum absolute atomic E-state index is 11.1. The van der Waals surface area contributed by atoms with E-state index in [9.17, 15) is 4.79 Å². The van der Waals surface area contributed by atoms with Crippen LogP contribution in [0.25, 0.3) is 0 Å². The summed E-state index contributed by atoms with van der Waals surface area (Å²) < 4.78 is 0. The zero-order valence-electron chi connectivity index (χ0n) is 9.07. The molecular formula is C13H13NOS. The van der Waals surface area contributed by atoms with Crippen LogP contribution in [0.5, 0.6) is 0 Å². The van der Waals surface area contributed by atoms with Crippen molar-refractivity contribution < 1.29 is 4.79 Å². The lowest BCUT2D eigenvalue weighted by Crippen LogP contribution is -1.96. The van der Waals surface area contributed by atoms with E-state index in [0.717, 1.165) is 17.1 Å². The first-order valence-corrected chi connectivity index (χ1v) is 5.96. The van der Waals surface area contributed by atoms with Gasteiger partial charge < -0.3 is 5.32 Å². The highest BCUT2D eigenvalue weighted by atomic mass is 32.1. The molecule has 0 saturated carbocycles. The lowest BCUT2D eigenvalue weighted by molar-refractivity contribution is 0.102. The van der Waals surface area contributed by atoms with Crippen molar-refractivity contribution in [2.75, 3.05) is 5.32 Å². The first kappa shape index (κ1) is 10.9. The molecule has 0 unspecified atom stereocenters. The molecule has 0 bridgehead atoms. The molecule has 1 aromatic heterocycles. The van der Waals surface area contributed by atoms with Gasteiger partial charge in [-0.3, -0.25) is 4.79 Å². The minimum atomic E-state index is 0.135. The second-order valence-corrected chi connectivity index (χ2v) is 4.71. The van der Waals surface area contributed by atoms with Crippen molar-refractivity contribution >= 4 is 22.8 Å². The monoisotopic (exact) mass is 231 g/mol. The van der Waals surface area contributed by atoms with Gasteiger partial charge in [-0.1, -0.05) is 18.2 Å². The molecule has 0 atom stereocenters. The molecule has 0 amide bonds. The lowest BCUT2D eigenvalue weighted by atomic mass is 10.3. The van der Waals surface area contributed by atoms with Gasteiger partial charge in [0, 0.05) is 17.1 Å². The lowest BCUT2D eigenvalue weighted by Gasteiger charge is -2.03. The van der Waals surface area contributed by atoms with E-state index in [1.165, 1.54) is 4.88 Å². The van der Waals surface area contributed by atoms with E-state index in [1.807, 2.05) is 42.5 Å². The molecule has 3 heteroatoms. The number of carbonyl (C=O) groups is 1. The third-order valence-corrected chi connectivity index (χ3v) is 3.44. The average Bonchev–Trinajstić information content (AvgIpc) is 2.76. The van der Waals surface area contributed by atoms with Crippen LogP contribution in [0.4, 0.5) is 5.69 Å². The number of carbonyl (C=O) groups excluding carboxylic acids is 1. The van der Waals surface area contributed by atoms with Gasteiger partial charge in [-0.2, -0.15) is 0 Å². The SMILES string of the molecule is CC(=O)c1ccc(CNc2ccccc2)s1. The van der Waals surface area contributed by atoms with Gasteiger partial charge in [-0.05, 0) is 31.2 Å². The molecule has 0 aliphatic rings. The Kier molecular flexibility index (Phi) is 3.37. The van der Waals surface area contributed by atoms with Gasteiger partial charge in [0.05, 0.1) is 4.88 Å². The van der Waals surface area contributed by atoms with Gasteiger partial charge in [0.15, 0.2) is 5.78 Å². The van der Waals surface area contributed by atoms with E-state index in [0.29, 0.717) is 0 Å². The van der Waals surface area contributed by atoms with Crippen LogP contribution in [0.2, 0.25) is 0 Å². The third-order valence-electron chi connectivity index (χ3n) is 2.25. The molecule has 2 nitrogen and oxygen atoms in total. The van der Waals surface area contributed by atoms with Crippen LogP contribution in [0.15, 0.2) is 42.5 Å². The number of hydrogen-bond acceptors (Lipinski definition) is 3. The molecule has 0 spiro atoms. The number of nitrogens with one attached hydrogen (secondary N) is 1. The Hall–Kier alpha value is -1.61. The molecule has 2 aromatic rings. The first-order chi connectivity index (χ1) is 7.75. The van der Waals surface area contributed by atoms with Gasteiger partial charge in [-0.15, -0.1) is 11.3 Å². The summed E-state index contributed by atoms with van der Waals surface area (Å²) in [6, 6.07) is 13.9. The molecule has 1 heterocycles. The fourth-order valence-electron chi connectivity index (χ4n) is 1.41. The van der Waals surface area contributed by atoms with E-state index < -0.39 is 0 Å². The number of benzene rings is 1. The highest BCUT2D eigenvalue weighted by Crippen LogP contribution is 2.18. The summed E-state index contributed by atoms with van der Waals surface area (Å²) in [4.78, 5) is 13.1. The summed E-state index contributed by atoms with van der Waals surface area (Å²) in [5.74, 6) is 0.135. The minimum absolute atomic E-state index is 0.135. The molecule has 0 radical (unpaired) electrons. The molecule has 0 aliphatic carbocycles. The van der Waals surface area contributed by atoms with Crippen LogP contribution in [0.3, 0.4) is 0 Å². The van der Waals surface area contributed by atoms with Gasteiger partial charge in [0.2, 0.25) is 0 Å². The predicted octanol–water partition coefficient (Wildman–Crippen LogP) is 3.56. The molecule has 0 fully saturated rings. The standard InChI is InChI=1S/C13H13NOS/c1-10(15)13-8-7-12(16-13)9-14-11-5-3-2-4-6-11/h2-8,14H,9H2,1H3. The van der Waals surface area contributed by atoms with Gasteiger partial charge in [0.25, 0.3) is 0 Å². The van der Waals surface area contributed by atoms with Crippen molar-refractivity contribution in [3.05, 3.63) is 52.2 Å². The van der Waals surface area contributed by atoms with Crippen molar-refractivity contribution in [3.63, 3.8) is 0 Å². The number of Topliss-reactive ketones (excluding diaryl/α,β-unsaturated/α-hetero) is 1. The maximum Gasteiger partial charge on any atom is 0.169 e. The fraction of sp³-hybridized carbons (Fsp3) is 0.154. The third kappa shape index (κ3) is 2.70. The number of ketones is 1. The Morgan fingerprint density at radius 1 is 1.19 bits per heavy atom. The molecular weight excluding hydrogens is 218 g/mol. The van der Waals surface area contributed by atoms with Crippen LogP contribution in [-0.4, -0.2) is 5.78 Å². The summed E-state index contributed by atoms with van der Waals surface area (Å²) in [7, 11) is 0. The van der Waals surface area contributed by atoms with Gasteiger partial charge in [-0.25, -0.2) is 0 Å². The van der Waals surface area contributed by atoms with E-state index in [-0.39, 0.29) is 5.78 Å². The molecule has 1 aromatic carbocycles. The first-order valence-electron chi connectivity index (χ1n) is 5.14. The number of rotatable bonds is 4. The highest BCUT2D eigenvalue weighted by molar-refractivity contribution is 7.14.